The summed E-state index contributed by atoms with van der Waals surface area (Å²) in [6.07, 6.45) is 1.11. The van der Waals surface area contributed by atoms with Crippen LogP contribution in [-0.4, -0.2) is 11.2 Å². The second-order valence-corrected chi connectivity index (χ2v) is 6.00. The highest BCUT2D eigenvalue weighted by Crippen LogP contribution is 2.26. The van der Waals surface area contributed by atoms with Gasteiger partial charge in [-0.3, -0.25) is 0 Å². The third-order valence-corrected chi connectivity index (χ3v) is 3.30. The minimum absolute atomic E-state index is 0.0922. The van der Waals surface area contributed by atoms with Gasteiger partial charge in [0.05, 0.1) is 6.10 Å². The fourth-order valence-corrected chi connectivity index (χ4v) is 1.87. The number of hydrogen-bond donors (Lipinski definition) is 1. The van der Waals surface area contributed by atoms with Crippen molar-refractivity contribution in [2.75, 3.05) is 0 Å². The lowest BCUT2D eigenvalue weighted by Crippen LogP contribution is -2.26. The molecule has 1 rings (SSSR count). The van der Waals surface area contributed by atoms with Crippen LogP contribution in [0.4, 0.5) is 0 Å². The molecule has 1 nitrogen and oxygen atoms in total. The Labute approximate surface area is 107 Å². The Balaban J connectivity index is 2.64. The average Bonchev–Trinajstić information content (AvgIpc) is 2.17. The standard InChI is InChI=1S/C13H18Cl2O/c1-13(2,3)12(16)7-4-9-8-10(14)5-6-11(9)15/h5-6,8,12,16H,4,7H2,1-3H3. The maximum atomic E-state index is 9.93. The van der Waals surface area contributed by atoms with E-state index in [0.29, 0.717) is 16.5 Å². The van der Waals surface area contributed by atoms with Gasteiger partial charge >= 0.3 is 0 Å². The fraction of sp³-hybridized carbons (Fsp3) is 0.538. The first-order valence-electron chi connectivity index (χ1n) is 5.42. The second kappa shape index (κ2) is 5.39. The lowest BCUT2D eigenvalue weighted by Gasteiger charge is -2.25. The van der Waals surface area contributed by atoms with Gasteiger partial charge in [-0.15, -0.1) is 0 Å². The summed E-state index contributed by atoms with van der Waals surface area (Å²) in [6, 6.07) is 5.43. The molecule has 1 aromatic rings. The van der Waals surface area contributed by atoms with E-state index in [1.54, 1.807) is 12.1 Å². The van der Waals surface area contributed by atoms with Crippen molar-refractivity contribution in [3.8, 4) is 0 Å². The van der Waals surface area contributed by atoms with E-state index in [4.69, 9.17) is 23.2 Å². The van der Waals surface area contributed by atoms with E-state index in [0.717, 1.165) is 12.0 Å². The van der Waals surface area contributed by atoms with E-state index in [1.165, 1.54) is 0 Å². The first-order chi connectivity index (χ1) is 7.30. The van der Waals surface area contributed by atoms with Crippen LogP contribution in [0, 0.1) is 5.41 Å². The summed E-state index contributed by atoms with van der Waals surface area (Å²) in [5.74, 6) is 0. The van der Waals surface area contributed by atoms with Gasteiger partial charge in [-0.05, 0) is 42.0 Å². The summed E-state index contributed by atoms with van der Waals surface area (Å²) in [5, 5.41) is 11.3. The van der Waals surface area contributed by atoms with Gasteiger partial charge in [-0.2, -0.15) is 0 Å². The molecule has 0 saturated carbocycles. The van der Waals surface area contributed by atoms with E-state index in [-0.39, 0.29) is 11.5 Å². The third kappa shape index (κ3) is 3.97. The van der Waals surface area contributed by atoms with Gasteiger partial charge in [0.25, 0.3) is 0 Å². The molecule has 0 fully saturated rings. The Morgan fingerprint density at radius 1 is 1.25 bits per heavy atom. The van der Waals surface area contributed by atoms with E-state index in [2.05, 4.69) is 0 Å². The van der Waals surface area contributed by atoms with Gasteiger partial charge in [-0.1, -0.05) is 44.0 Å². The van der Waals surface area contributed by atoms with Crippen LogP contribution in [-0.2, 0) is 6.42 Å². The summed E-state index contributed by atoms with van der Waals surface area (Å²) < 4.78 is 0. The van der Waals surface area contributed by atoms with E-state index < -0.39 is 0 Å². The quantitative estimate of drug-likeness (QED) is 0.858. The predicted molar refractivity (Wildman–Crippen MR) is 70.2 cm³/mol. The van der Waals surface area contributed by atoms with Gasteiger partial charge in [0.2, 0.25) is 0 Å². The Morgan fingerprint density at radius 2 is 1.88 bits per heavy atom. The molecule has 90 valence electrons. The number of aliphatic hydroxyl groups excluding tert-OH is 1. The zero-order valence-electron chi connectivity index (χ0n) is 9.93. The zero-order chi connectivity index (χ0) is 12.3. The van der Waals surface area contributed by atoms with Gasteiger partial charge in [0, 0.05) is 10.0 Å². The number of aliphatic hydroxyl groups is 1. The fourth-order valence-electron chi connectivity index (χ4n) is 1.46. The maximum Gasteiger partial charge on any atom is 0.0591 e. The van der Waals surface area contributed by atoms with Crippen molar-refractivity contribution in [1.29, 1.82) is 0 Å². The van der Waals surface area contributed by atoms with Crippen LogP contribution < -0.4 is 0 Å². The van der Waals surface area contributed by atoms with Gasteiger partial charge < -0.3 is 5.11 Å². The minimum atomic E-state index is -0.331. The van der Waals surface area contributed by atoms with Crippen LogP contribution in [0.5, 0.6) is 0 Å². The first-order valence-corrected chi connectivity index (χ1v) is 6.18. The van der Waals surface area contributed by atoms with Crippen molar-refractivity contribution in [1.82, 2.24) is 0 Å². The Hall–Kier alpha value is -0.240. The molecule has 0 bridgehead atoms. The topological polar surface area (TPSA) is 20.2 Å². The van der Waals surface area contributed by atoms with Crippen LogP contribution in [0.15, 0.2) is 18.2 Å². The summed E-state index contributed by atoms with van der Waals surface area (Å²) in [6.45, 7) is 6.08. The molecular weight excluding hydrogens is 243 g/mol. The summed E-state index contributed by atoms with van der Waals surface area (Å²) >= 11 is 12.0. The highest BCUT2D eigenvalue weighted by atomic mass is 35.5. The molecule has 0 heterocycles. The molecule has 0 aromatic heterocycles. The van der Waals surface area contributed by atoms with Crippen molar-refractivity contribution in [3.63, 3.8) is 0 Å². The smallest absolute Gasteiger partial charge is 0.0591 e. The molecule has 0 saturated heterocycles. The summed E-state index contributed by atoms with van der Waals surface area (Å²) in [4.78, 5) is 0. The molecule has 1 unspecified atom stereocenters. The molecule has 16 heavy (non-hydrogen) atoms. The van der Waals surface area contributed by atoms with Crippen LogP contribution in [0.3, 0.4) is 0 Å². The molecule has 0 aliphatic rings. The van der Waals surface area contributed by atoms with Crippen molar-refractivity contribution >= 4 is 23.2 Å². The van der Waals surface area contributed by atoms with Crippen molar-refractivity contribution < 1.29 is 5.11 Å². The Kier molecular flexibility index (Phi) is 4.66. The van der Waals surface area contributed by atoms with Crippen molar-refractivity contribution in [2.45, 2.75) is 39.7 Å². The first kappa shape index (κ1) is 13.8. The van der Waals surface area contributed by atoms with Gasteiger partial charge in [0.15, 0.2) is 0 Å². The molecule has 0 radical (unpaired) electrons. The van der Waals surface area contributed by atoms with Gasteiger partial charge in [-0.25, -0.2) is 0 Å². The lowest BCUT2D eigenvalue weighted by molar-refractivity contribution is 0.0560. The maximum absolute atomic E-state index is 9.93. The van der Waals surface area contributed by atoms with E-state index in [9.17, 15) is 5.11 Å². The third-order valence-electron chi connectivity index (χ3n) is 2.69. The molecule has 0 aliphatic carbocycles. The molecule has 1 N–H and O–H groups in total. The van der Waals surface area contributed by atoms with Crippen LogP contribution in [0.25, 0.3) is 0 Å². The second-order valence-electron chi connectivity index (χ2n) is 5.16. The van der Waals surface area contributed by atoms with Crippen LogP contribution in [0.2, 0.25) is 10.0 Å². The largest absolute Gasteiger partial charge is 0.393 e. The lowest BCUT2D eigenvalue weighted by atomic mass is 9.86. The monoisotopic (exact) mass is 260 g/mol. The highest BCUT2D eigenvalue weighted by molar-refractivity contribution is 6.33. The van der Waals surface area contributed by atoms with Crippen molar-refractivity contribution in [3.05, 3.63) is 33.8 Å². The predicted octanol–water partition coefficient (Wildman–Crippen LogP) is 4.33. The summed E-state index contributed by atoms with van der Waals surface area (Å²) in [7, 11) is 0. The van der Waals surface area contributed by atoms with Gasteiger partial charge in [0.1, 0.15) is 0 Å². The minimum Gasteiger partial charge on any atom is -0.393 e. The SMILES string of the molecule is CC(C)(C)C(O)CCc1cc(Cl)ccc1Cl. The molecule has 3 heteroatoms. The Bertz CT molecular complexity index is 355. The number of rotatable bonds is 3. The molecule has 1 atom stereocenters. The van der Waals surface area contributed by atoms with Crippen LogP contribution in [0.1, 0.15) is 32.8 Å². The van der Waals surface area contributed by atoms with Crippen molar-refractivity contribution in [2.24, 2.45) is 5.41 Å². The molecule has 0 spiro atoms. The van der Waals surface area contributed by atoms with Crippen LogP contribution >= 0.6 is 23.2 Å². The zero-order valence-corrected chi connectivity index (χ0v) is 11.4. The average molecular weight is 261 g/mol. The molecule has 0 aliphatic heterocycles. The molecule has 1 aromatic carbocycles. The van der Waals surface area contributed by atoms with E-state index >= 15 is 0 Å². The number of halogens is 2. The number of benzene rings is 1. The normalized spacial score (nSPS) is 13.9. The summed E-state index contributed by atoms with van der Waals surface area (Å²) in [5.41, 5.74) is 0.905. The Morgan fingerprint density at radius 3 is 2.44 bits per heavy atom. The molecule has 0 amide bonds. The molecular formula is C13H18Cl2O. The number of aryl methyl sites for hydroxylation is 1. The highest BCUT2D eigenvalue weighted by Gasteiger charge is 2.21. The number of hydrogen-bond acceptors (Lipinski definition) is 1. The van der Waals surface area contributed by atoms with E-state index in [1.807, 2.05) is 26.8 Å².